The van der Waals surface area contributed by atoms with E-state index in [1.54, 1.807) is 18.4 Å². The summed E-state index contributed by atoms with van der Waals surface area (Å²) >= 11 is 1.75. The van der Waals surface area contributed by atoms with E-state index < -0.39 is 0 Å². The molecule has 0 unspecified atom stereocenters. The third-order valence-electron chi connectivity index (χ3n) is 3.67. The van der Waals surface area contributed by atoms with Crippen molar-refractivity contribution in [3.63, 3.8) is 0 Å². The number of nitrogens with one attached hydrogen (secondary N) is 2. The fourth-order valence-electron chi connectivity index (χ4n) is 2.49. The number of thiazole rings is 1. The number of hydrogen-bond acceptors (Lipinski definition) is 5. The number of rotatable bonds is 5. The van der Waals surface area contributed by atoms with Gasteiger partial charge in [-0.2, -0.15) is 0 Å². The Kier molecular flexibility index (Phi) is 7.12. The van der Waals surface area contributed by atoms with Crippen LogP contribution in [0, 0.1) is 13.8 Å². The average molecular weight is 471 g/mol. The van der Waals surface area contributed by atoms with Crippen LogP contribution in [0.15, 0.2) is 29.4 Å². The van der Waals surface area contributed by atoms with Crippen molar-refractivity contribution in [2.45, 2.75) is 26.8 Å². The van der Waals surface area contributed by atoms with Crippen molar-refractivity contribution in [3.05, 3.63) is 45.8 Å². The van der Waals surface area contributed by atoms with Gasteiger partial charge < -0.3 is 10.6 Å². The van der Waals surface area contributed by atoms with Crippen LogP contribution in [0.4, 0.5) is 0 Å². The van der Waals surface area contributed by atoms with Gasteiger partial charge in [0.05, 0.1) is 17.2 Å². The molecule has 7 nitrogen and oxygen atoms in total. The molecule has 0 fully saturated rings. The fraction of sp³-hybridized carbons (Fsp3) is 0.375. The van der Waals surface area contributed by atoms with Gasteiger partial charge in [-0.1, -0.05) is 6.07 Å². The minimum Gasteiger partial charge on any atom is -0.356 e. The van der Waals surface area contributed by atoms with E-state index in [0.717, 1.165) is 41.1 Å². The Balaban J connectivity index is 0.00000225. The summed E-state index contributed by atoms with van der Waals surface area (Å²) in [6.45, 7) is 5.46. The summed E-state index contributed by atoms with van der Waals surface area (Å²) in [7, 11) is 1.76. The van der Waals surface area contributed by atoms with Crippen LogP contribution in [-0.2, 0) is 13.0 Å². The number of guanidine groups is 1. The lowest BCUT2D eigenvalue weighted by Crippen LogP contribution is -2.38. The van der Waals surface area contributed by atoms with Crippen LogP contribution in [-0.4, -0.2) is 39.1 Å². The van der Waals surface area contributed by atoms with E-state index in [-0.39, 0.29) is 24.0 Å². The second kappa shape index (κ2) is 9.09. The molecular formula is C16H22IN7S. The van der Waals surface area contributed by atoms with Gasteiger partial charge in [-0.15, -0.1) is 45.5 Å². The first-order valence-electron chi connectivity index (χ1n) is 7.83. The maximum absolute atomic E-state index is 4.45. The van der Waals surface area contributed by atoms with Crippen molar-refractivity contribution >= 4 is 46.9 Å². The van der Waals surface area contributed by atoms with Gasteiger partial charge >= 0.3 is 0 Å². The summed E-state index contributed by atoms with van der Waals surface area (Å²) in [5, 5.41) is 16.1. The van der Waals surface area contributed by atoms with Gasteiger partial charge in [-0.25, -0.2) is 4.98 Å². The van der Waals surface area contributed by atoms with Crippen LogP contribution in [0.25, 0.3) is 5.65 Å². The summed E-state index contributed by atoms with van der Waals surface area (Å²) in [6.07, 6.45) is 2.89. The Morgan fingerprint density at radius 1 is 1.24 bits per heavy atom. The predicted octanol–water partition coefficient (Wildman–Crippen LogP) is 2.33. The highest BCUT2D eigenvalue weighted by Gasteiger charge is 2.07. The molecule has 0 atom stereocenters. The molecule has 0 radical (unpaired) electrons. The zero-order valence-corrected chi connectivity index (χ0v) is 17.6. The van der Waals surface area contributed by atoms with Crippen molar-refractivity contribution < 1.29 is 0 Å². The maximum atomic E-state index is 4.45. The molecule has 3 heterocycles. The number of nitrogens with zero attached hydrogens (tertiary/aromatic N) is 5. The molecule has 2 N–H and O–H groups in total. The smallest absolute Gasteiger partial charge is 0.191 e. The van der Waals surface area contributed by atoms with E-state index in [0.29, 0.717) is 6.54 Å². The molecule has 0 aliphatic rings. The predicted molar refractivity (Wildman–Crippen MR) is 112 cm³/mol. The highest BCUT2D eigenvalue weighted by molar-refractivity contribution is 14.0. The number of aliphatic imine (C=N–C) groups is 1. The number of fused-ring (bicyclic) bond motifs is 1. The van der Waals surface area contributed by atoms with Gasteiger partial charge in [0, 0.05) is 31.1 Å². The summed E-state index contributed by atoms with van der Waals surface area (Å²) in [5.41, 5.74) is 1.96. The van der Waals surface area contributed by atoms with Gasteiger partial charge in [0.1, 0.15) is 0 Å². The third kappa shape index (κ3) is 4.88. The summed E-state index contributed by atoms with van der Waals surface area (Å²) in [4.78, 5) is 10.0. The first-order valence-corrected chi connectivity index (χ1v) is 8.65. The molecule has 3 rings (SSSR count). The van der Waals surface area contributed by atoms with Crippen molar-refractivity contribution in [2.75, 3.05) is 13.6 Å². The van der Waals surface area contributed by atoms with Gasteiger partial charge in [0.25, 0.3) is 0 Å². The SMILES string of the molecule is CN=C(NCCc1sc(C)nc1C)NCc1nnc2ccccn12.I. The summed E-state index contributed by atoms with van der Waals surface area (Å²) < 4.78 is 1.96. The standard InChI is InChI=1S/C16H21N7S.HI/c1-11-13(24-12(2)20-11)7-8-18-16(17-3)19-10-15-22-21-14-6-4-5-9-23(14)15;/h4-6,9H,7-8,10H2,1-3H3,(H2,17,18,19);1H. The molecule has 0 aromatic carbocycles. The zero-order valence-electron chi connectivity index (χ0n) is 14.5. The van der Waals surface area contributed by atoms with Crippen molar-refractivity contribution in [3.8, 4) is 0 Å². The van der Waals surface area contributed by atoms with E-state index in [2.05, 4.69) is 37.7 Å². The van der Waals surface area contributed by atoms with Gasteiger partial charge in [-0.3, -0.25) is 9.39 Å². The largest absolute Gasteiger partial charge is 0.356 e. The highest BCUT2D eigenvalue weighted by Crippen LogP contribution is 2.16. The average Bonchev–Trinajstić information content (AvgIpc) is 3.13. The van der Waals surface area contributed by atoms with Crippen molar-refractivity contribution in [2.24, 2.45) is 4.99 Å². The second-order valence-corrected chi connectivity index (χ2v) is 6.68. The van der Waals surface area contributed by atoms with Gasteiger partial charge in [-0.05, 0) is 26.0 Å². The van der Waals surface area contributed by atoms with Crippen molar-refractivity contribution in [1.29, 1.82) is 0 Å². The van der Waals surface area contributed by atoms with Crippen LogP contribution in [0.2, 0.25) is 0 Å². The van der Waals surface area contributed by atoms with Crippen LogP contribution < -0.4 is 10.6 Å². The van der Waals surface area contributed by atoms with Gasteiger partial charge in [0.2, 0.25) is 0 Å². The Morgan fingerprint density at radius 3 is 2.80 bits per heavy atom. The third-order valence-corrected chi connectivity index (χ3v) is 4.80. The Morgan fingerprint density at radius 2 is 2.08 bits per heavy atom. The minimum absolute atomic E-state index is 0. The fourth-order valence-corrected chi connectivity index (χ4v) is 3.43. The molecule has 0 spiro atoms. The van der Waals surface area contributed by atoms with E-state index >= 15 is 0 Å². The lowest BCUT2D eigenvalue weighted by Gasteiger charge is -2.10. The maximum Gasteiger partial charge on any atom is 0.191 e. The van der Waals surface area contributed by atoms with Crippen LogP contribution in [0.5, 0.6) is 0 Å². The Hall–Kier alpha value is -1.75. The van der Waals surface area contributed by atoms with Crippen LogP contribution in [0.3, 0.4) is 0 Å². The van der Waals surface area contributed by atoms with Crippen LogP contribution in [0.1, 0.15) is 21.4 Å². The molecule has 3 aromatic heterocycles. The lowest BCUT2D eigenvalue weighted by molar-refractivity contribution is 0.758. The topological polar surface area (TPSA) is 79.5 Å². The second-order valence-electron chi connectivity index (χ2n) is 5.39. The quantitative estimate of drug-likeness (QED) is 0.339. The molecular weight excluding hydrogens is 449 g/mol. The lowest BCUT2D eigenvalue weighted by atomic mass is 10.3. The van der Waals surface area contributed by atoms with Crippen molar-refractivity contribution in [1.82, 2.24) is 30.2 Å². The Labute approximate surface area is 168 Å². The van der Waals surface area contributed by atoms with Gasteiger partial charge in [0.15, 0.2) is 17.4 Å². The first kappa shape index (κ1) is 19.6. The molecule has 9 heteroatoms. The van der Waals surface area contributed by atoms with E-state index in [4.69, 9.17) is 0 Å². The number of aromatic nitrogens is 4. The number of halogens is 1. The molecule has 0 bridgehead atoms. The molecule has 0 saturated heterocycles. The first-order chi connectivity index (χ1) is 11.7. The number of hydrogen-bond donors (Lipinski definition) is 2. The summed E-state index contributed by atoms with van der Waals surface area (Å²) in [5.74, 6) is 1.60. The minimum atomic E-state index is 0. The van der Waals surface area contributed by atoms with Crippen LogP contribution >= 0.6 is 35.3 Å². The zero-order chi connectivity index (χ0) is 16.9. The molecule has 3 aromatic rings. The molecule has 0 saturated carbocycles. The molecule has 0 amide bonds. The van der Waals surface area contributed by atoms with E-state index in [9.17, 15) is 0 Å². The molecule has 134 valence electrons. The summed E-state index contributed by atoms with van der Waals surface area (Å²) in [6, 6.07) is 5.85. The highest BCUT2D eigenvalue weighted by atomic mass is 127. The molecule has 25 heavy (non-hydrogen) atoms. The molecule has 0 aliphatic carbocycles. The van der Waals surface area contributed by atoms with E-state index in [1.165, 1.54) is 4.88 Å². The molecule has 0 aliphatic heterocycles. The monoisotopic (exact) mass is 471 g/mol. The Bertz CT molecular complexity index is 855. The normalized spacial score (nSPS) is 11.4. The van der Waals surface area contributed by atoms with E-state index in [1.807, 2.05) is 35.7 Å². The number of aryl methyl sites for hydroxylation is 2. The number of pyridine rings is 1.